The lowest BCUT2D eigenvalue weighted by molar-refractivity contribution is -0.148. The molecule has 0 amide bonds. The number of halogens is 2. The van der Waals surface area contributed by atoms with E-state index in [9.17, 15) is 9.90 Å². The standard InChI is InChI=1S/C29H33F2N5O6/c1-5-39-29(38)16(2)36-12-11-20(15-36)40-25-23(30)27(41-19-8-6-7-18(14-19)35(3)4)34-28(24(25)31)42-22-13-17(26(32)33)9-10-21(22)37/h6-10,13-14,16,20,37H,5,11-12,15H2,1-4H3,(H3,32,33). The third-order valence-corrected chi connectivity index (χ3v) is 6.64. The number of amidine groups is 1. The fourth-order valence-corrected chi connectivity index (χ4v) is 4.30. The van der Waals surface area contributed by atoms with E-state index in [1.807, 2.05) is 25.1 Å². The first-order valence-electron chi connectivity index (χ1n) is 13.2. The first kappa shape index (κ1) is 30.3. The van der Waals surface area contributed by atoms with Crippen LogP contribution in [0.1, 0.15) is 25.8 Å². The van der Waals surface area contributed by atoms with Crippen LogP contribution in [0.3, 0.4) is 0 Å². The fraction of sp³-hybridized carbons (Fsp3) is 0.345. The number of esters is 1. The molecule has 2 heterocycles. The number of hydrogen-bond acceptors (Lipinski definition) is 10. The summed E-state index contributed by atoms with van der Waals surface area (Å²) < 4.78 is 53.7. The zero-order valence-electron chi connectivity index (χ0n) is 23.7. The second kappa shape index (κ2) is 12.9. The monoisotopic (exact) mass is 585 g/mol. The van der Waals surface area contributed by atoms with Crippen molar-refractivity contribution in [2.45, 2.75) is 32.4 Å². The number of carbonyl (C=O) groups excluding carboxylic acids is 1. The Morgan fingerprint density at radius 2 is 1.90 bits per heavy atom. The summed E-state index contributed by atoms with van der Waals surface area (Å²) in [5.74, 6) is -5.81. The minimum absolute atomic E-state index is 0.195. The topological polar surface area (TPSA) is 143 Å². The highest BCUT2D eigenvalue weighted by atomic mass is 19.1. The smallest absolute Gasteiger partial charge is 0.323 e. The molecule has 1 fully saturated rings. The van der Waals surface area contributed by atoms with Crippen molar-refractivity contribution >= 4 is 17.5 Å². The number of nitrogens with one attached hydrogen (secondary N) is 1. The van der Waals surface area contributed by atoms with Gasteiger partial charge in [0.05, 0.1) is 6.61 Å². The van der Waals surface area contributed by atoms with Gasteiger partial charge in [0, 0.05) is 44.5 Å². The van der Waals surface area contributed by atoms with Crippen LogP contribution in [0.2, 0.25) is 0 Å². The number of phenols is 1. The highest BCUT2D eigenvalue weighted by Gasteiger charge is 2.34. The number of ether oxygens (including phenoxy) is 4. The van der Waals surface area contributed by atoms with Crippen molar-refractivity contribution in [1.82, 2.24) is 9.88 Å². The molecule has 0 radical (unpaired) electrons. The van der Waals surface area contributed by atoms with Crippen LogP contribution in [-0.2, 0) is 9.53 Å². The Morgan fingerprint density at radius 3 is 2.57 bits per heavy atom. The molecule has 0 spiro atoms. The number of anilines is 1. The summed E-state index contributed by atoms with van der Waals surface area (Å²) >= 11 is 0. The molecule has 0 bridgehead atoms. The molecule has 4 rings (SSSR count). The molecule has 13 heteroatoms. The van der Waals surface area contributed by atoms with E-state index in [1.165, 1.54) is 18.2 Å². The molecular formula is C29H33F2N5O6. The summed E-state index contributed by atoms with van der Waals surface area (Å²) in [6.07, 6.45) is -0.301. The van der Waals surface area contributed by atoms with Gasteiger partial charge in [0.15, 0.2) is 11.5 Å². The van der Waals surface area contributed by atoms with Crippen molar-refractivity contribution in [1.29, 1.82) is 5.41 Å². The van der Waals surface area contributed by atoms with E-state index in [1.54, 1.807) is 36.9 Å². The molecule has 1 aliphatic rings. The molecule has 11 nitrogen and oxygen atoms in total. The lowest BCUT2D eigenvalue weighted by atomic mass is 10.2. The van der Waals surface area contributed by atoms with Gasteiger partial charge in [-0.3, -0.25) is 15.1 Å². The minimum Gasteiger partial charge on any atom is -0.504 e. The minimum atomic E-state index is -1.27. The van der Waals surface area contributed by atoms with E-state index >= 15 is 8.78 Å². The summed E-state index contributed by atoms with van der Waals surface area (Å²) in [5, 5.41) is 17.9. The molecule has 4 N–H and O–H groups in total. The average molecular weight is 586 g/mol. The quantitative estimate of drug-likeness (QED) is 0.168. The lowest BCUT2D eigenvalue weighted by Gasteiger charge is -2.23. The van der Waals surface area contributed by atoms with Crippen LogP contribution in [0.15, 0.2) is 42.5 Å². The normalized spacial score (nSPS) is 15.6. The van der Waals surface area contributed by atoms with Crippen LogP contribution in [0.25, 0.3) is 0 Å². The van der Waals surface area contributed by atoms with Gasteiger partial charge < -0.3 is 34.7 Å². The molecule has 224 valence electrons. The number of nitrogens with zero attached hydrogens (tertiary/aromatic N) is 3. The van der Waals surface area contributed by atoms with Gasteiger partial charge in [-0.05, 0) is 50.6 Å². The molecular weight excluding hydrogens is 552 g/mol. The first-order valence-corrected chi connectivity index (χ1v) is 13.2. The van der Waals surface area contributed by atoms with Gasteiger partial charge in [-0.25, -0.2) is 0 Å². The number of rotatable bonds is 11. The number of likely N-dealkylation sites (tertiary alicyclic amines) is 1. The summed E-state index contributed by atoms with van der Waals surface area (Å²) in [6, 6.07) is 9.98. The molecule has 2 aromatic carbocycles. The van der Waals surface area contributed by atoms with Gasteiger partial charge in [0.2, 0.25) is 17.4 Å². The van der Waals surface area contributed by atoms with E-state index in [4.69, 9.17) is 30.1 Å². The third-order valence-electron chi connectivity index (χ3n) is 6.64. The number of benzene rings is 2. The maximum Gasteiger partial charge on any atom is 0.323 e. The van der Waals surface area contributed by atoms with Crippen LogP contribution in [0, 0.1) is 17.0 Å². The summed E-state index contributed by atoms with van der Waals surface area (Å²) in [4.78, 5) is 19.7. The number of aromatic hydroxyl groups is 1. The van der Waals surface area contributed by atoms with Crippen molar-refractivity contribution in [2.24, 2.45) is 5.73 Å². The Bertz CT molecular complexity index is 1470. The van der Waals surface area contributed by atoms with Gasteiger partial charge in [0.1, 0.15) is 23.7 Å². The zero-order chi connectivity index (χ0) is 30.6. The predicted octanol–water partition coefficient (Wildman–Crippen LogP) is 4.40. The summed E-state index contributed by atoms with van der Waals surface area (Å²) in [7, 11) is 3.64. The van der Waals surface area contributed by atoms with E-state index in [2.05, 4.69) is 4.98 Å². The molecule has 2 unspecified atom stereocenters. The molecule has 2 atom stereocenters. The Morgan fingerprint density at radius 1 is 1.19 bits per heavy atom. The van der Waals surface area contributed by atoms with Crippen molar-refractivity contribution in [3.05, 3.63) is 59.7 Å². The Balaban J connectivity index is 1.70. The lowest BCUT2D eigenvalue weighted by Crippen LogP contribution is -2.39. The number of carbonyl (C=O) groups is 1. The highest BCUT2D eigenvalue weighted by molar-refractivity contribution is 5.95. The predicted molar refractivity (Wildman–Crippen MR) is 151 cm³/mol. The van der Waals surface area contributed by atoms with E-state index in [-0.39, 0.29) is 36.0 Å². The zero-order valence-corrected chi connectivity index (χ0v) is 23.7. The second-order valence-corrected chi connectivity index (χ2v) is 9.82. The second-order valence-electron chi connectivity index (χ2n) is 9.82. The number of phenolic OH excluding ortho intramolecular Hbond substituents is 1. The molecule has 0 aliphatic carbocycles. The number of aromatic nitrogens is 1. The Kier molecular flexibility index (Phi) is 9.31. The highest BCUT2D eigenvalue weighted by Crippen LogP contribution is 2.40. The van der Waals surface area contributed by atoms with E-state index < -0.39 is 53.0 Å². The first-order chi connectivity index (χ1) is 20.0. The van der Waals surface area contributed by atoms with Crippen LogP contribution < -0.4 is 24.8 Å². The van der Waals surface area contributed by atoms with Gasteiger partial charge in [-0.2, -0.15) is 13.8 Å². The van der Waals surface area contributed by atoms with Crippen LogP contribution >= 0.6 is 0 Å². The molecule has 1 aliphatic heterocycles. The fourth-order valence-electron chi connectivity index (χ4n) is 4.30. The number of hydrogen-bond donors (Lipinski definition) is 3. The molecule has 3 aromatic rings. The van der Waals surface area contributed by atoms with Crippen LogP contribution in [-0.4, -0.2) is 72.7 Å². The van der Waals surface area contributed by atoms with Gasteiger partial charge in [0.25, 0.3) is 11.8 Å². The number of pyridine rings is 1. The van der Waals surface area contributed by atoms with Crippen LogP contribution in [0.5, 0.6) is 34.8 Å². The van der Waals surface area contributed by atoms with Crippen molar-refractivity contribution in [3.63, 3.8) is 0 Å². The maximum absolute atomic E-state index is 15.8. The molecule has 1 aromatic heterocycles. The maximum atomic E-state index is 15.8. The van der Waals surface area contributed by atoms with Crippen molar-refractivity contribution < 1.29 is 37.6 Å². The SMILES string of the molecule is CCOC(=O)C(C)N1CCC(Oc2c(F)c(Oc3cccc(N(C)C)c3)nc(Oc3cc(C(=N)N)ccc3O)c2F)C1. The van der Waals surface area contributed by atoms with Gasteiger partial charge in [-0.1, -0.05) is 6.07 Å². The van der Waals surface area contributed by atoms with Gasteiger partial charge >= 0.3 is 5.97 Å². The number of nitrogen functional groups attached to an aromatic ring is 1. The molecule has 42 heavy (non-hydrogen) atoms. The molecule has 1 saturated heterocycles. The number of nitrogens with two attached hydrogens (primary N) is 1. The van der Waals surface area contributed by atoms with Crippen LogP contribution in [0.4, 0.5) is 14.5 Å². The Hall–Kier alpha value is -4.65. The van der Waals surface area contributed by atoms with Crippen molar-refractivity contribution in [2.75, 3.05) is 38.7 Å². The van der Waals surface area contributed by atoms with Crippen molar-refractivity contribution in [3.8, 4) is 34.8 Å². The third kappa shape index (κ3) is 6.79. The van der Waals surface area contributed by atoms with E-state index in [0.29, 0.717) is 13.0 Å². The summed E-state index contributed by atoms with van der Waals surface area (Å²) in [6.45, 7) is 4.28. The molecule has 0 saturated carbocycles. The largest absolute Gasteiger partial charge is 0.504 e. The van der Waals surface area contributed by atoms with E-state index in [0.717, 1.165) is 5.69 Å². The van der Waals surface area contributed by atoms with Gasteiger partial charge in [-0.15, -0.1) is 0 Å². The summed E-state index contributed by atoms with van der Waals surface area (Å²) in [5.41, 5.74) is 6.49. The average Bonchev–Trinajstić information content (AvgIpc) is 3.43. The Labute approximate surface area is 241 Å².